The minimum atomic E-state index is -0.442. The van der Waals surface area contributed by atoms with Crippen molar-refractivity contribution in [3.8, 4) is 5.75 Å². The molecule has 7 heteroatoms. The number of benzene rings is 3. The van der Waals surface area contributed by atoms with Crippen LogP contribution < -0.4 is 10.7 Å². The summed E-state index contributed by atoms with van der Waals surface area (Å²) in [5.74, 6) is -0.640. The molecule has 0 unspecified atom stereocenters. The number of hydrogen-bond acceptors (Lipinski definition) is 4. The van der Waals surface area contributed by atoms with Crippen molar-refractivity contribution in [1.82, 2.24) is 5.43 Å². The van der Waals surface area contributed by atoms with E-state index in [1.165, 1.54) is 12.3 Å². The van der Waals surface area contributed by atoms with Crippen LogP contribution in [0.25, 0.3) is 0 Å². The number of aromatic hydroxyl groups is 1. The first-order valence-electron chi connectivity index (χ1n) is 8.73. The fraction of sp³-hybridized carbons (Fsp3) is 0.0455. The number of nitrogens with zero attached hydrogens (tertiary/aromatic N) is 1. The quantitative estimate of drug-likeness (QED) is 0.394. The number of amides is 2. The number of anilines is 1. The predicted molar refractivity (Wildman–Crippen MR) is 116 cm³/mol. The predicted octanol–water partition coefficient (Wildman–Crippen LogP) is 4.48. The molecular formula is C22H18BrN3O3. The second-order valence-electron chi connectivity index (χ2n) is 6.25. The van der Waals surface area contributed by atoms with Crippen LogP contribution in [-0.4, -0.2) is 23.1 Å². The molecule has 0 aliphatic carbocycles. The number of phenolic OH excluding ortho intramolecular Hbond substituents is 1. The molecule has 0 bridgehead atoms. The van der Waals surface area contributed by atoms with E-state index >= 15 is 0 Å². The molecule has 146 valence electrons. The van der Waals surface area contributed by atoms with Gasteiger partial charge in [0, 0.05) is 26.9 Å². The lowest BCUT2D eigenvalue weighted by molar-refractivity contribution is 0.0953. The van der Waals surface area contributed by atoms with Gasteiger partial charge in [-0.1, -0.05) is 40.2 Å². The first-order valence-corrected chi connectivity index (χ1v) is 9.52. The van der Waals surface area contributed by atoms with Gasteiger partial charge in [-0.05, 0) is 55.0 Å². The van der Waals surface area contributed by atoms with E-state index < -0.39 is 5.91 Å². The Morgan fingerprint density at radius 3 is 2.59 bits per heavy atom. The van der Waals surface area contributed by atoms with Crippen molar-refractivity contribution in [1.29, 1.82) is 0 Å². The fourth-order valence-electron chi connectivity index (χ4n) is 2.62. The molecule has 3 N–H and O–H groups in total. The Hall–Kier alpha value is -3.45. The normalized spacial score (nSPS) is 10.7. The molecule has 0 atom stereocenters. The molecular weight excluding hydrogens is 434 g/mol. The number of carbonyl (C=O) groups excluding carboxylic acids is 2. The number of aryl methyl sites for hydroxylation is 1. The van der Waals surface area contributed by atoms with Gasteiger partial charge in [-0.3, -0.25) is 9.59 Å². The van der Waals surface area contributed by atoms with Crippen LogP contribution in [0, 0.1) is 6.92 Å². The maximum Gasteiger partial charge on any atom is 0.271 e. The van der Waals surface area contributed by atoms with Crippen LogP contribution in [-0.2, 0) is 0 Å². The highest BCUT2D eigenvalue weighted by Crippen LogP contribution is 2.20. The Balaban J connectivity index is 1.68. The lowest BCUT2D eigenvalue weighted by Crippen LogP contribution is -2.18. The molecule has 2 amide bonds. The Bertz CT molecular complexity index is 1100. The summed E-state index contributed by atoms with van der Waals surface area (Å²) in [5.41, 5.74) is 5.14. The van der Waals surface area contributed by atoms with Crippen molar-refractivity contribution < 1.29 is 14.7 Å². The Labute approximate surface area is 176 Å². The van der Waals surface area contributed by atoms with E-state index in [4.69, 9.17) is 0 Å². The van der Waals surface area contributed by atoms with Crippen LogP contribution in [0.2, 0.25) is 0 Å². The van der Waals surface area contributed by atoms with Gasteiger partial charge < -0.3 is 10.4 Å². The van der Waals surface area contributed by atoms with E-state index in [9.17, 15) is 14.7 Å². The molecule has 0 fully saturated rings. The second kappa shape index (κ2) is 9.16. The first-order chi connectivity index (χ1) is 13.9. The minimum absolute atomic E-state index is 0.0483. The van der Waals surface area contributed by atoms with Gasteiger partial charge in [0.05, 0.1) is 6.21 Å². The summed E-state index contributed by atoms with van der Waals surface area (Å²) >= 11 is 3.31. The van der Waals surface area contributed by atoms with Crippen LogP contribution in [0.15, 0.2) is 76.3 Å². The van der Waals surface area contributed by atoms with E-state index in [2.05, 4.69) is 31.8 Å². The van der Waals surface area contributed by atoms with Crippen LogP contribution in [0.3, 0.4) is 0 Å². The van der Waals surface area contributed by atoms with Gasteiger partial charge in [-0.25, -0.2) is 5.43 Å². The molecule has 29 heavy (non-hydrogen) atoms. The number of carbonyl (C=O) groups is 2. The number of nitrogens with one attached hydrogen (secondary N) is 2. The van der Waals surface area contributed by atoms with Gasteiger partial charge in [0.15, 0.2) is 0 Å². The third-order valence-corrected chi connectivity index (χ3v) is 4.62. The summed E-state index contributed by atoms with van der Waals surface area (Å²) in [7, 11) is 0. The van der Waals surface area contributed by atoms with Gasteiger partial charge in [-0.15, -0.1) is 0 Å². The van der Waals surface area contributed by atoms with Crippen molar-refractivity contribution in [2.45, 2.75) is 6.92 Å². The molecule has 0 saturated carbocycles. The Morgan fingerprint density at radius 2 is 1.79 bits per heavy atom. The lowest BCUT2D eigenvalue weighted by Gasteiger charge is -2.08. The molecule has 6 nitrogen and oxygen atoms in total. The molecule has 0 radical (unpaired) electrons. The maximum atomic E-state index is 12.4. The monoisotopic (exact) mass is 451 g/mol. The summed E-state index contributed by atoms with van der Waals surface area (Å²) in [6.45, 7) is 1.86. The highest BCUT2D eigenvalue weighted by molar-refractivity contribution is 9.10. The zero-order valence-corrected chi connectivity index (χ0v) is 17.1. The third-order valence-electron chi connectivity index (χ3n) is 4.13. The van der Waals surface area contributed by atoms with E-state index in [1.807, 2.05) is 19.1 Å². The molecule has 0 aliphatic rings. The summed E-state index contributed by atoms with van der Waals surface area (Å²) in [6, 6.07) is 18.7. The lowest BCUT2D eigenvalue weighted by atomic mass is 10.1. The van der Waals surface area contributed by atoms with Crippen molar-refractivity contribution in [2.24, 2.45) is 5.10 Å². The summed E-state index contributed by atoms with van der Waals surface area (Å²) in [4.78, 5) is 24.8. The van der Waals surface area contributed by atoms with Gasteiger partial charge >= 0.3 is 0 Å². The van der Waals surface area contributed by atoms with Crippen molar-refractivity contribution >= 4 is 39.6 Å². The van der Waals surface area contributed by atoms with E-state index in [0.717, 1.165) is 10.0 Å². The van der Waals surface area contributed by atoms with Gasteiger partial charge in [-0.2, -0.15) is 5.10 Å². The molecule has 3 aromatic carbocycles. The van der Waals surface area contributed by atoms with Crippen molar-refractivity contribution in [3.05, 3.63) is 93.5 Å². The van der Waals surface area contributed by atoms with Gasteiger partial charge in [0.1, 0.15) is 5.75 Å². The standard InChI is InChI=1S/C22H18BrN3O3/c1-14-5-2-3-8-19(14)22(29)25-18-7-4-6-15(12-18)21(28)26-24-13-16-11-17(23)9-10-20(16)27/h2-13,27H,1H3,(H,25,29)(H,26,28)/b24-13-. The van der Waals surface area contributed by atoms with Crippen LogP contribution in [0.5, 0.6) is 5.75 Å². The first kappa shape index (κ1) is 20.3. The largest absolute Gasteiger partial charge is 0.507 e. The zero-order chi connectivity index (χ0) is 20.8. The molecule has 0 aliphatic heterocycles. The third kappa shape index (κ3) is 5.30. The zero-order valence-electron chi connectivity index (χ0n) is 15.5. The highest BCUT2D eigenvalue weighted by atomic mass is 79.9. The Morgan fingerprint density at radius 1 is 1.00 bits per heavy atom. The van der Waals surface area contributed by atoms with Crippen LogP contribution in [0.4, 0.5) is 5.69 Å². The fourth-order valence-corrected chi connectivity index (χ4v) is 3.00. The summed E-state index contributed by atoms with van der Waals surface area (Å²) in [5, 5.41) is 16.5. The molecule has 0 spiro atoms. The summed E-state index contributed by atoms with van der Waals surface area (Å²) in [6.07, 6.45) is 1.35. The van der Waals surface area contributed by atoms with Gasteiger partial charge in [0.25, 0.3) is 11.8 Å². The Kier molecular flexibility index (Phi) is 6.41. The van der Waals surface area contributed by atoms with Crippen molar-refractivity contribution in [2.75, 3.05) is 5.32 Å². The van der Waals surface area contributed by atoms with Crippen LogP contribution >= 0.6 is 15.9 Å². The SMILES string of the molecule is Cc1ccccc1C(=O)Nc1cccc(C(=O)N/N=C\c2cc(Br)ccc2O)c1. The van der Waals surface area contributed by atoms with Gasteiger partial charge in [0.2, 0.25) is 0 Å². The van der Waals surface area contributed by atoms with E-state index in [1.54, 1.807) is 48.5 Å². The number of hydrazone groups is 1. The molecule has 0 aromatic heterocycles. The minimum Gasteiger partial charge on any atom is -0.507 e. The van der Waals surface area contributed by atoms with Crippen LogP contribution in [0.1, 0.15) is 31.8 Å². The number of halogens is 1. The number of hydrogen-bond donors (Lipinski definition) is 3. The highest BCUT2D eigenvalue weighted by Gasteiger charge is 2.10. The molecule has 3 aromatic rings. The van der Waals surface area contributed by atoms with E-state index in [0.29, 0.717) is 22.4 Å². The number of phenols is 1. The topological polar surface area (TPSA) is 90.8 Å². The van der Waals surface area contributed by atoms with E-state index in [-0.39, 0.29) is 11.7 Å². The molecule has 0 heterocycles. The maximum absolute atomic E-state index is 12.4. The average molecular weight is 452 g/mol. The van der Waals surface area contributed by atoms with Crippen molar-refractivity contribution in [3.63, 3.8) is 0 Å². The summed E-state index contributed by atoms with van der Waals surface area (Å²) < 4.78 is 0.778. The molecule has 3 rings (SSSR count). The number of rotatable bonds is 5. The second-order valence-corrected chi connectivity index (χ2v) is 7.17. The molecule has 0 saturated heterocycles. The average Bonchev–Trinajstić information content (AvgIpc) is 2.71. The smallest absolute Gasteiger partial charge is 0.271 e.